The van der Waals surface area contributed by atoms with Crippen LogP contribution in [0.5, 0.6) is 5.75 Å². The van der Waals surface area contributed by atoms with E-state index in [9.17, 15) is 22.0 Å². The molecule has 1 aromatic carbocycles. The minimum atomic E-state index is -3.85. The Morgan fingerprint density at radius 1 is 1.17 bits per heavy atom. The summed E-state index contributed by atoms with van der Waals surface area (Å²) >= 11 is 0. The normalized spacial score (nSPS) is 19.9. The van der Waals surface area contributed by atoms with Gasteiger partial charge in [-0.05, 0) is 45.0 Å². The molecule has 3 rings (SSSR count). The number of carbonyl (C=O) groups is 1. The fourth-order valence-electron chi connectivity index (χ4n) is 3.25. The lowest BCUT2D eigenvalue weighted by Crippen LogP contribution is -2.71. The van der Waals surface area contributed by atoms with Crippen molar-refractivity contribution in [3.8, 4) is 5.75 Å². The quantitative estimate of drug-likeness (QED) is 0.723. The van der Waals surface area contributed by atoms with Crippen LogP contribution in [-0.4, -0.2) is 74.3 Å². The third-order valence-corrected chi connectivity index (χ3v) is 6.37. The number of ether oxygens (including phenoxy) is 3. The maximum Gasteiger partial charge on any atom is 0.410 e. The van der Waals surface area contributed by atoms with Crippen molar-refractivity contribution in [1.82, 2.24) is 9.21 Å². The zero-order valence-electron chi connectivity index (χ0n) is 16.4. The second kappa shape index (κ2) is 7.69. The van der Waals surface area contributed by atoms with Gasteiger partial charge in [-0.2, -0.15) is 13.1 Å². The molecule has 0 aliphatic carbocycles. The van der Waals surface area contributed by atoms with Crippen molar-refractivity contribution in [1.29, 1.82) is 0 Å². The number of nitrogens with zero attached hydrogens (tertiary/aromatic N) is 2. The molecule has 11 heteroatoms. The maximum absolute atomic E-state index is 12.9. The van der Waals surface area contributed by atoms with Crippen LogP contribution in [0.4, 0.5) is 13.6 Å². The van der Waals surface area contributed by atoms with Gasteiger partial charge < -0.3 is 19.1 Å². The number of halogens is 2. The van der Waals surface area contributed by atoms with Gasteiger partial charge in [-0.25, -0.2) is 13.2 Å². The van der Waals surface area contributed by atoms with Crippen LogP contribution in [0.2, 0.25) is 0 Å². The molecule has 0 radical (unpaired) electrons. The number of morpholine rings is 1. The van der Waals surface area contributed by atoms with Gasteiger partial charge in [-0.1, -0.05) is 0 Å². The van der Waals surface area contributed by atoms with Crippen LogP contribution >= 0.6 is 0 Å². The molecule has 1 amide bonds. The molecular formula is C18H24F2N2O6S. The van der Waals surface area contributed by atoms with Crippen molar-refractivity contribution in [3.63, 3.8) is 0 Å². The lowest BCUT2D eigenvalue weighted by atomic mass is 9.93. The summed E-state index contributed by atoms with van der Waals surface area (Å²) in [6, 6.07) is 4.82. The average Bonchev–Trinajstić information content (AvgIpc) is 2.58. The van der Waals surface area contributed by atoms with Crippen LogP contribution in [-0.2, 0) is 19.5 Å². The molecule has 1 aromatic rings. The van der Waals surface area contributed by atoms with E-state index in [1.807, 2.05) is 0 Å². The number of amides is 1. The van der Waals surface area contributed by atoms with Gasteiger partial charge in [-0.15, -0.1) is 0 Å². The van der Waals surface area contributed by atoms with Gasteiger partial charge in [0.2, 0.25) is 10.0 Å². The minimum Gasteiger partial charge on any atom is -0.444 e. The van der Waals surface area contributed by atoms with E-state index in [0.717, 1.165) is 0 Å². The highest BCUT2D eigenvalue weighted by molar-refractivity contribution is 7.89. The first-order valence-corrected chi connectivity index (χ1v) is 10.5. The highest BCUT2D eigenvalue weighted by Crippen LogP contribution is 2.33. The first-order chi connectivity index (χ1) is 13.4. The molecule has 0 N–H and O–H groups in total. The molecule has 1 spiro atoms. The summed E-state index contributed by atoms with van der Waals surface area (Å²) < 4.78 is 67.0. The predicted molar refractivity (Wildman–Crippen MR) is 98.3 cm³/mol. The number of sulfonamides is 1. The SMILES string of the molecule is CC(C)(C)OC(=O)N1CC2(C1)CN(S(=O)(=O)c1ccc(OC(F)F)cc1)CCO2. The molecule has 2 fully saturated rings. The van der Waals surface area contributed by atoms with E-state index >= 15 is 0 Å². The first kappa shape index (κ1) is 21.7. The van der Waals surface area contributed by atoms with Gasteiger partial charge in [0.25, 0.3) is 0 Å². The molecule has 0 aromatic heterocycles. The summed E-state index contributed by atoms with van der Waals surface area (Å²) in [5.41, 5.74) is -1.40. The van der Waals surface area contributed by atoms with Crippen LogP contribution in [0.3, 0.4) is 0 Å². The fourth-order valence-corrected chi connectivity index (χ4v) is 4.75. The summed E-state index contributed by atoms with van der Waals surface area (Å²) in [4.78, 5) is 13.6. The summed E-state index contributed by atoms with van der Waals surface area (Å²) in [5.74, 6) is -0.121. The molecule has 8 nitrogen and oxygen atoms in total. The van der Waals surface area contributed by atoms with Gasteiger partial charge in [0.05, 0.1) is 24.6 Å². The van der Waals surface area contributed by atoms with Gasteiger partial charge in [-0.3, -0.25) is 0 Å². The summed E-state index contributed by atoms with van der Waals surface area (Å²) in [5, 5.41) is 0. The molecule has 0 bridgehead atoms. The Labute approximate surface area is 168 Å². The lowest BCUT2D eigenvalue weighted by molar-refractivity contribution is -0.165. The number of likely N-dealkylation sites (tertiary alicyclic amines) is 1. The summed E-state index contributed by atoms with van der Waals surface area (Å²) in [7, 11) is -3.85. The van der Waals surface area contributed by atoms with Crippen molar-refractivity contribution in [2.75, 3.05) is 32.8 Å². The molecule has 2 heterocycles. The second-order valence-electron chi connectivity index (χ2n) is 8.06. The molecule has 29 heavy (non-hydrogen) atoms. The van der Waals surface area contributed by atoms with Crippen LogP contribution in [0, 0.1) is 0 Å². The molecule has 2 aliphatic rings. The van der Waals surface area contributed by atoms with E-state index in [1.165, 1.54) is 33.5 Å². The largest absolute Gasteiger partial charge is 0.444 e. The monoisotopic (exact) mass is 434 g/mol. The number of hydrogen-bond donors (Lipinski definition) is 0. The smallest absolute Gasteiger partial charge is 0.410 e. The van der Waals surface area contributed by atoms with E-state index in [0.29, 0.717) is 0 Å². The lowest BCUT2D eigenvalue weighted by Gasteiger charge is -2.53. The van der Waals surface area contributed by atoms with Crippen LogP contribution in [0.1, 0.15) is 20.8 Å². The Balaban J connectivity index is 1.65. The topological polar surface area (TPSA) is 85.4 Å². The van der Waals surface area contributed by atoms with Crippen molar-refractivity contribution in [3.05, 3.63) is 24.3 Å². The van der Waals surface area contributed by atoms with Gasteiger partial charge in [0, 0.05) is 13.1 Å². The van der Waals surface area contributed by atoms with E-state index in [2.05, 4.69) is 4.74 Å². The number of carbonyl (C=O) groups excluding carboxylic acids is 1. The number of rotatable bonds is 4. The van der Waals surface area contributed by atoms with Crippen molar-refractivity contribution >= 4 is 16.1 Å². The molecule has 0 saturated carbocycles. The second-order valence-corrected chi connectivity index (χ2v) is 9.99. The predicted octanol–water partition coefficient (Wildman–Crippen LogP) is 2.30. The molecular weight excluding hydrogens is 410 g/mol. The highest BCUT2D eigenvalue weighted by Gasteiger charge is 2.52. The Morgan fingerprint density at radius 3 is 2.34 bits per heavy atom. The Morgan fingerprint density at radius 2 is 1.79 bits per heavy atom. The number of alkyl halides is 2. The fraction of sp³-hybridized carbons (Fsp3) is 0.611. The van der Waals surface area contributed by atoms with E-state index in [4.69, 9.17) is 9.47 Å². The zero-order valence-corrected chi connectivity index (χ0v) is 17.2. The van der Waals surface area contributed by atoms with Crippen LogP contribution in [0.15, 0.2) is 29.2 Å². The molecule has 162 valence electrons. The van der Waals surface area contributed by atoms with Crippen molar-refractivity contribution in [2.45, 2.75) is 43.5 Å². The number of hydrogen-bond acceptors (Lipinski definition) is 6. The maximum atomic E-state index is 12.9. The summed E-state index contributed by atoms with van der Waals surface area (Å²) in [6.07, 6.45) is -0.471. The average molecular weight is 434 g/mol. The minimum absolute atomic E-state index is 0.0283. The van der Waals surface area contributed by atoms with E-state index in [-0.39, 0.29) is 43.4 Å². The molecule has 0 unspecified atom stereocenters. The number of benzene rings is 1. The highest BCUT2D eigenvalue weighted by atomic mass is 32.2. The zero-order chi connectivity index (χ0) is 21.4. The van der Waals surface area contributed by atoms with Gasteiger partial charge in [0.15, 0.2) is 0 Å². The first-order valence-electron chi connectivity index (χ1n) is 9.07. The summed E-state index contributed by atoms with van der Waals surface area (Å²) in [6.45, 7) is 3.22. The molecule has 2 saturated heterocycles. The Hall–Kier alpha value is -1.98. The van der Waals surface area contributed by atoms with Crippen LogP contribution < -0.4 is 4.74 Å². The third-order valence-electron chi connectivity index (χ3n) is 4.51. The van der Waals surface area contributed by atoms with Gasteiger partial charge in [0.1, 0.15) is 17.0 Å². The molecule has 0 atom stereocenters. The van der Waals surface area contributed by atoms with Crippen molar-refractivity contribution < 1.29 is 36.2 Å². The standard InChI is InChI=1S/C18H24F2N2O6S/c1-17(2,3)28-16(23)21-10-18(11-21)12-22(8-9-26-18)29(24,25)14-6-4-13(5-7-14)27-15(19)20/h4-7,15H,8-12H2,1-3H3. The Kier molecular flexibility index (Phi) is 5.76. The third kappa shape index (κ3) is 4.96. The van der Waals surface area contributed by atoms with E-state index < -0.39 is 33.9 Å². The van der Waals surface area contributed by atoms with Crippen molar-refractivity contribution in [2.24, 2.45) is 0 Å². The van der Waals surface area contributed by atoms with E-state index in [1.54, 1.807) is 20.8 Å². The molecule has 2 aliphatic heterocycles. The van der Waals surface area contributed by atoms with Crippen LogP contribution in [0.25, 0.3) is 0 Å². The Bertz CT molecular complexity index is 848. The van der Waals surface area contributed by atoms with Gasteiger partial charge >= 0.3 is 12.7 Å².